The highest BCUT2D eigenvalue weighted by Gasteiger charge is 2.27. The summed E-state index contributed by atoms with van der Waals surface area (Å²) in [6.45, 7) is 8.89. The number of carbonyl (C=O) groups is 2. The molecular formula is C35H41N3O5S. The molecule has 0 aliphatic rings. The van der Waals surface area contributed by atoms with E-state index in [-0.39, 0.29) is 24.3 Å². The zero-order valence-electron chi connectivity index (χ0n) is 25.5. The van der Waals surface area contributed by atoms with Gasteiger partial charge in [0.15, 0.2) is 0 Å². The fourth-order valence-corrected chi connectivity index (χ4v) is 6.36. The molecule has 0 bridgehead atoms. The number of nitrogens with one attached hydrogen (secondary N) is 2. The van der Waals surface area contributed by atoms with E-state index < -0.39 is 34.0 Å². The summed E-state index contributed by atoms with van der Waals surface area (Å²) < 4.78 is 35.0. The molecule has 44 heavy (non-hydrogen) atoms. The molecule has 0 saturated carbocycles. The number of nitrogens with zero attached hydrogens (tertiary/aromatic N) is 1. The molecule has 0 spiro atoms. The maximum absolute atomic E-state index is 13.5. The molecule has 0 aliphatic carbocycles. The molecule has 4 aromatic carbocycles. The first-order chi connectivity index (χ1) is 21.2. The van der Waals surface area contributed by atoms with Crippen LogP contribution in [0.3, 0.4) is 0 Å². The summed E-state index contributed by atoms with van der Waals surface area (Å²) in [5.74, 6) is -1.02. The minimum absolute atomic E-state index is 0.103. The molecule has 2 unspecified atom stereocenters. The molecule has 9 heteroatoms. The molecule has 4 aromatic rings. The lowest BCUT2D eigenvalue weighted by Crippen LogP contribution is -2.44. The normalized spacial score (nSPS) is 13.0. The van der Waals surface area contributed by atoms with Crippen LogP contribution >= 0.6 is 0 Å². The van der Waals surface area contributed by atoms with Crippen LogP contribution in [0, 0.1) is 0 Å². The number of ether oxygens (including phenoxy) is 1. The number of rotatable bonds is 15. The number of carbonyl (C=O) groups excluding carboxylic acids is 2. The van der Waals surface area contributed by atoms with Crippen molar-refractivity contribution in [2.45, 2.75) is 57.1 Å². The van der Waals surface area contributed by atoms with Crippen LogP contribution in [0.4, 0.5) is 0 Å². The summed E-state index contributed by atoms with van der Waals surface area (Å²) in [5.41, 5.74) is 2.67. The zero-order valence-corrected chi connectivity index (χ0v) is 26.3. The molecule has 0 aromatic heterocycles. The number of fused-ring (bicyclic) bond motifs is 1. The highest BCUT2D eigenvalue weighted by Crippen LogP contribution is 2.23. The summed E-state index contributed by atoms with van der Waals surface area (Å²) >= 11 is 0. The van der Waals surface area contributed by atoms with Crippen LogP contribution in [0.25, 0.3) is 10.8 Å². The van der Waals surface area contributed by atoms with E-state index in [9.17, 15) is 18.0 Å². The van der Waals surface area contributed by atoms with Gasteiger partial charge in [0.25, 0.3) is 0 Å². The summed E-state index contributed by atoms with van der Waals surface area (Å²) in [4.78, 5) is 28.7. The van der Waals surface area contributed by atoms with E-state index in [2.05, 4.69) is 28.8 Å². The van der Waals surface area contributed by atoms with Gasteiger partial charge in [-0.1, -0.05) is 98.8 Å². The Kier molecular flexibility index (Phi) is 11.7. The van der Waals surface area contributed by atoms with Crippen molar-refractivity contribution in [3.63, 3.8) is 0 Å². The third kappa shape index (κ3) is 8.98. The standard InChI is InChI=1S/C35H41N3O5S/c1-4-38(5-2)25-27-18-16-26(17-19-27)22-33(35(40)43-6-3)36-34(39)24-32(29-13-8-7-9-14-29)37-44(41,42)31-21-20-28-12-10-11-15-30(28)23-31/h7-21,23,32-33,37H,4-6,22,24-25H2,1-3H3,(H,36,39). The van der Waals surface area contributed by atoms with Crippen molar-refractivity contribution in [3.05, 3.63) is 114 Å². The molecule has 0 fully saturated rings. The highest BCUT2D eigenvalue weighted by atomic mass is 32.2. The van der Waals surface area contributed by atoms with Crippen LogP contribution in [-0.2, 0) is 37.3 Å². The molecule has 232 valence electrons. The third-order valence-corrected chi connectivity index (χ3v) is 9.06. The molecule has 0 aliphatic heterocycles. The average Bonchev–Trinajstić information content (AvgIpc) is 3.04. The molecule has 2 atom stereocenters. The fourth-order valence-electron chi connectivity index (χ4n) is 5.10. The van der Waals surface area contributed by atoms with Gasteiger partial charge in [0.1, 0.15) is 6.04 Å². The van der Waals surface area contributed by atoms with E-state index in [1.165, 1.54) is 5.56 Å². The predicted molar refractivity (Wildman–Crippen MR) is 173 cm³/mol. The van der Waals surface area contributed by atoms with Gasteiger partial charge in [0.05, 0.1) is 17.5 Å². The number of hydrogen-bond donors (Lipinski definition) is 2. The van der Waals surface area contributed by atoms with Crippen LogP contribution in [0.15, 0.2) is 102 Å². The van der Waals surface area contributed by atoms with Crippen molar-refractivity contribution >= 4 is 32.7 Å². The van der Waals surface area contributed by atoms with E-state index in [4.69, 9.17) is 4.74 Å². The minimum Gasteiger partial charge on any atom is -0.464 e. The Morgan fingerprint density at radius 2 is 1.43 bits per heavy atom. The lowest BCUT2D eigenvalue weighted by atomic mass is 10.0. The Labute approximate surface area is 260 Å². The number of amides is 1. The number of esters is 1. The van der Waals surface area contributed by atoms with E-state index in [1.54, 1.807) is 49.4 Å². The van der Waals surface area contributed by atoms with Crippen molar-refractivity contribution in [2.75, 3.05) is 19.7 Å². The Bertz CT molecular complexity index is 1640. The molecule has 0 radical (unpaired) electrons. The average molecular weight is 616 g/mol. The first-order valence-corrected chi connectivity index (χ1v) is 16.5. The summed E-state index contributed by atoms with van der Waals surface area (Å²) in [5, 5.41) is 4.53. The molecular weight excluding hydrogens is 574 g/mol. The Balaban J connectivity index is 1.51. The van der Waals surface area contributed by atoms with Gasteiger partial charge in [-0.15, -0.1) is 0 Å². The van der Waals surface area contributed by atoms with E-state index in [1.807, 2.05) is 54.6 Å². The monoisotopic (exact) mass is 615 g/mol. The molecule has 4 rings (SSSR count). The van der Waals surface area contributed by atoms with Gasteiger partial charge in [-0.2, -0.15) is 0 Å². The summed E-state index contributed by atoms with van der Waals surface area (Å²) in [6, 6.07) is 27.6. The zero-order chi connectivity index (χ0) is 31.5. The largest absolute Gasteiger partial charge is 0.464 e. The van der Waals surface area contributed by atoms with Gasteiger partial charge in [-0.3, -0.25) is 9.69 Å². The molecule has 0 heterocycles. The maximum atomic E-state index is 13.5. The van der Waals surface area contributed by atoms with E-state index in [0.29, 0.717) is 5.56 Å². The fraction of sp³-hybridized carbons (Fsp3) is 0.314. The van der Waals surface area contributed by atoms with Gasteiger partial charge < -0.3 is 10.1 Å². The first-order valence-electron chi connectivity index (χ1n) is 15.0. The van der Waals surface area contributed by atoms with E-state index in [0.717, 1.165) is 36.0 Å². The SMILES string of the molecule is CCOC(=O)C(Cc1ccc(CN(CC)CC)cc1)NC(=O)CC(NS(=O)(=O)c1ccc2ccccc2c1)c1ccccc1. The Hall–Kier alpha value is -4.05. The second-order valence-corrected chi connectivity index (χ2v) is 12.4. The van der Waals surface area contributed by atoms with E-state index >= 15 is 0 Å². The Morgan fingerprint density at radius 1 is 0.795 bits per heavy atom. The minimum atomic E-state index is -3.99. The molecule has 1 amide bonds. The van der Waals surface area contributed by atoms with Gasteiger partial charge in [-0.25, -0.2) is 17.9 Å². The lowest BCUT2D eigenvalue weighted by Gasteiger charge is -2.22. The maximum Gasteiger partial charge on any atom is 0.328 e. The molecule has 2 N–H and O–H groups in total. The molecule has 0 saturated heterocycles. The quantitative estimate of drug-likeness (QED) is 0.174. The van der Waals surface area contributed by atoms with Crippen LogP contribution < -0.4 is 10.0 Å². The second-order valence-electron chi connectivity index (χ2n) is 10.7. The van der Waals surface area contributed by atoms with Crippen molar-refractivity contribution in [1.29, 1.82) is 0 Å². The highest BCUT2D eigenvalue weighted by molar-refractivity contribution is 7.89. The third-order valence-electron chi connectivity index (χ3n) is 7.59. The van der Waals surface area contributed by atoms with Crippen LogP contribution in [0.5, 0.6) is 0 Å². The van der Waals surface area contributed by atoms with Crippen molar-refractivity contribution in [1.82, 2.24) is 14.9 Å². The van der Waals surface area contributed by atoms with Crippen LogP contribution in [0.1, 0.15) is 49.9 Å². The first kappa shape index (κ1) is 32.9. The lowest BCUT2D eigenvalue weighted by molar-refractivity contribution is -0.147. The van der Waals surface area contributed by atoms with Gasteiger partial charge in [0, 0.05) is 19.4 Å². The van der Waals surface area contributed by atoms with Crippen molar-refractivity contribution in [3.8, 4) is 0 Å². The van der Waals surface area contributed by atoms with Gasteiger partial charge in [-0.05, 0) is 59.6 Å². The van der Waals surface area contributed by atoms with Gasteiger partial charge in [0.2, 0.25) is 15.9 Å². The van der Waals surface area contributed by atoms with Crippen molar-refractivity contribution in [2.24, 2.45) is 0 Å². The van der Waals surface area contributed by atoms with Crippen LogP contribution in [0.2, 0.25) is 0 Å². The molecule has 8 nitrogen and oxygen atoms in total. The number of sulfonamides is 1. The van der Waals surface area contributed by atoms with Crippen molar-refractivity contribution < 1.29 is 22.7 Å². The predicted octanol–water partition coefficient (Wildman–Crippen LogP) is 5.38. The van der Waals surface area contributed by atoms with Gasteiger partial charge >= 0.3 is 5.97 Å². The summed E-state index contributed by atoms with van der Waals surface area (Å²) in [6.07, 6.45) is 0.0322. The smallest absolute Gasteiger partial charge is 0.328 e. The second kappa shape index (κ2) is 15.6. The van der Waals surface area contributed by atoms with Crippen LogP contribution in [-0.4, -0.2) is 50.9 Å². The summed E-state index contributed by atoms with van der Waals surface area (Å²) in [7, 11) is -3.99. The number of hydrogen-bond acceptors (Lipinski definition) is 6. The topological polar surface area (TPSA) is 105 Å². The number of benzene rings is 4. The Morgan fingerprint density at radius 3 is 2.09 bits per heavy atom.